The molecule has 1 amide bonds. The van der Waals surface area contributed by atoms with Crippen LogP contribution in [0.15, 0.2) is 12.1 Å². The molecule has 0 aliphatic carbocycles. The minimum Gasteiger partial charge on any atom is -0.391 e. The fourth-order valence-corrected chi connectivity index (χ4v) is 1.94. The summed E-state index contributed by atoms with van der Waals surface area (Å²) in [4.78, 5) is 13.1. The van der Waals surface area contributed by atoms with Crippen LogP contribution in [-0.4, -0.2) is 35.1 Å². The van der Waals surface area contributed by atoms with E-state index in [4.69, 9.17) is 0 Å². The van der Waals surface area contributed by atoms with Crippen molar-refractivity contribution in [2.75, 3.05) is 13.1 Å². The summed E-state index contributed by atoms with van der Waals surface area (Å²) >= 11 is 0. The maximum absolute atomic E-state index is 13.3. The van der Waals surface area contributed by atoms with Gasteiger partial charge < -0.3 is 10.0 Å². The van der Waals surface area contributed by atoms with E-state index in [9.17, 15) is 23.1 Å². The monoisotopic (exact) mass is 259 g/mol. The first kappa shape index (κ1) is 12.9. The van der Waals surface area contributed by atoms with Gasteiger partial charge in [0.15, 0.2) is 11.6 Å². The van der Waals surface area contributed by atoms with Crippen LogP contribution in [0.3, 0.4) is 0 Å². The van der Waals surface area contributed by atoms with Crippen LogP contribution in [0.25, 0.3) is 0 Å². The molecule has 1 aliphatic heterocycles. The number of benzene rings is 1. The number of carbonyl (C=O) groups excluding carboxylic acids is 1. The number of aliphatic hydroxyl groups excluding tert-OH is 1. The number of aliphatic hydroxyl groups is 1. The van der Waals surface area contributed by atoms with Gasteiger partial charge in [-0.15, -0.1) is 0 Å². The van der Waals surface area contributed by atoms with Crippen molar-refractivity contribution in [2.45, 2.75) is 18.9 Å². The normalized spacial score (nSPS) is 19.3. The van der Waals surface area contributed by atoms with Crippen LogP contribution < -0.4 is 0 Å². The number of likely N-dealkylation sites (tertiary alicyclic amines) is 1. The molecule has 1 atom stereocenters. The largest absolute Gasteiger partial charge is 0.391 e. The maximum Gasteiger partial charge on any atom is 0.227 e. The Morgan fingerprint density at radius 2 is 1.94 bits per heavy atom. The number of β-amino-alcohol motifs (C(OH)–C–C–N with tert-alkyl or cyclic N) is 1. The summed E-state index contributed by atoms with van der Waals surface area (Å²) in [6.45, 7) is 0.593. The highest BCUT2D eigenvalue weighted by atomic mass is 19.2. The molecular formula is C12H12F3NO2. The second-order valence-corrected chi connectivity index (χ2v) is 4.32. The number of hydrogen-bond donors (Lipinski definition) is 1. The van der Waals surface area contributed by atoms with Gasteiger partial charge in [0.25, 0.3) is 0 Å². The SMILES string of the molecule is O=C(Cc1cc(F)c(F)cc1F)N1CC[C@@H](O)C1. The molecule has 0 aromatic heterocycles. The third-order valence-electron chi connectivity index (χ3n) is 2.95. The molecule has 1 N–H and O–H groups in total. The molecule has 6 heteroatoms. The van der Waals surface area contributed by atoms with Gasteiger partial charge in [-0.1, -0.05) is 0 Å². The molecule has 0 saturated carbocycles. The van der Waals surface area contributed by atoms with E-state index < -0.39 is 29.5 Å². The summed E-state index contributed by atoms with van der Waals surface area (Å²) in [7, 11) is 0. The second-order valence-electron chi connectivity index (χ2n) is 4.32. The molecule has 0 radical (unpaired) electrons. The van der Waals surface area contributed by atoms with Gasteiger partial charge in [0.1, 0.15) is 5.82 Å². The number of nitrogens with zero attached hydrogens (tertiary/aromatic N) is 1. The van der Waals surface area contributed by atoms with Crippen molar-refractivity contribution in [1.29, 1.82) is 0 Å². The van der Waals surface area contributed by atoms with Crippen LogP contribution in [0.5, 0.6) is 0 Å². The van der Waals surface area contributed by atoms with Crippen LogP contribution in [0, 0.1) is 17.5 Å². The second kappa shape index (κ2) is 4.97. The van der Waals surface area contributed by atoms with Crippen molar-refractivity contribution in [2.24, 2.45) is 0 Å². The molecule has 2 rings (SSSR count). The molecule has 3 nitrogen and oxygen atoms in total. The highest BCUT2D eigenvalue weighted by molar-refractivity contribution is 5.79. The first-order chi connectivity index (χ1) is 8.47. The molecule has 1 saturated heterocycles. The Labute approximate surface area is 102 Å². The van der Waals surface area contributed by atoms with Crippen LogP contribution in [0.1, 0.15) is 12.0 Å². The molecule has 0 unspecified atom stereocenters. The van der Waals surface area contributed by atoms with Crippen LogP contribution in [0.2, 0.25) is 0 Å². The smallest absolute Gasteiger partial charge is 0.227 e. The molecular weight excluding hydrogens is 247 g/mol. The van der Waals surface area contributed by atoms with Gasteiger partial charge in [0.2, 0.25) is 5.91 Å². The van der Waals surface area contributed by atoms with Gasteiger partial charge in [-0.25, -0.2) is 13.2 Å². The van der Waals surface area contributed by atoms with E-state index in [2.05, 4.69) is 0 Å². The molecule has 1 aliphatic rings. The van der Waals surface area contributed by atoms with E-state index in [1.165, 1.54) is 4.90 Å². The lowest BCUT2D eigenvalue weighted by Crippen LogP contribution is -2.31. The Hall–Kier alpha value is -1.56. The Bertz CT molecular complexity index is 479. The Morgan fingerprint density at radius 3 is 2.56 bits per heavy atom. The Kier molecular flexibility index (Phi) is 3.56. The van der Waals surface area contributed by atoms with Gasteiger partial charge in [0.05, 0.1) is 12.5 Å². The fourth-order valence-electron chi connectivity index (χ4n) is 1.94. The molecule has 18 heavy (non-hydrogen) atoms. The molecule has 1 fully saturated rings. The van der Waals surface area contributed by atoms with E-state index in [1.54, 1.807) is 0 Å². The Balaban J connectivity index is 2.09. The third-order valence-corrected chi connectivity index (χ3v) is 2.95. The highest BCUT2D eigenvalue weighted by Crippen LogP contribution is 2.16. The van der Waals surface area contributed by atoms with Crippen molar-refractivity contribution in [1.82, 2.24) is 4.90 Å². The molecule has 1 aromatic rings. The minimum absolute atomic E-state index is 0.180. The lowest BCUT2D eigenvalue weighted by molar-refractivity contribution is -0.129. The zero-order valence-electron chi connectivity index (χ0n) is 9.50. The molecule has 98 valence electrons. The number of amides is 1. The fraction of sp³-hybridized carbons (Fsp3) is 0.417. The van der Waals surface area contributed by atoms with Crippen molar-refractivity contribution in [3.8, 4) is 0 Å². The first-order valence-electron chi connectivity index (χ1n) is 5.56. The summed E-state index contributed by atoms with van der Waals surface area (Å²) in [6, 6.07) is 1.12. The van der Waals surface area contributed by atoms with Crippen molar-refractivity contribution in [3.05, 3.63) is 35.1 Å². The van der Waals surface area contributed by atoms with Gasteiger partial charge in [-0.3, -0.25) is 4.79 Å². The topological polar surface area (TPSA) is 40.5 Å². The number of carbonyl (C=O) groups is 1. The van der Waals surface area contributed by atoms with Gasteiger partial charge >= 0.3 is 0 Å². The summed E-state index contributed by atoms with van der Waals surface area (Å²) in [5, 5.41) is 9.27. The predicted molar refractivity (Wildman–Crippen MR) is 57.2 cm³/mol. The number of halogens is 3. The van der Waals surface area contributed by atoms with E-state index in [0.29, 0.717) is 25.1 Å². The van der Waals surface area contributed by atoms with Gasteiger partial charge in [0, 0.05) is 24.7 Å². The van der Waals surface area contributed by atoms with E-state index in [-0.39, 0.29) is 18.5 Å². The predicted octanol–water partition coefficient (Wildman–Crippen LogP) is 1.24. The number of hydrogen-bond acceptors (Lipinski definition) is 2. The van der Waals surface area contributed by atoms with Crippen molar-refractivity contribution >= 4 is 5.91 Å². The van der Waals surface area contributed by atoms with Crippen LogP contribution >= 0.6 is 0 Å². The lowest BCUT2D eigenvalue weighted by Gasteiger charge is -2.15. The van der Waals surface area contributed by atoms with Crippen LogP contribution in [0.4, 0.5) is 13.2 Å². The summed E-state index contributed by atoms with van der Waals surface area (Å²) in [5.41, 5.74) is -0.180. The molecule has 1 heterocycles. The average molecular weight is 259 g/mol. The standard InChI is InChI=1S/C12H12F3NO2/c13-9-5-11(15)10(14)3-7(9)4-12(18)16-2-1-8(17)6-16/h3,5,8,17H,1-2,4,6H2/t8-/m1/s1. The van der Waals surface area contributed by atoms with Crippen molar-refractivity contribution in [3.63, 3.8) is 0 Å². The molecule has 0 bridgehead atoms. The van der Waals surface area contributed by atoms with Gasteiger partial charge in [-0.2, -0.15) is 0 Å². The van der Waals surface area contributed by atoms with E-state index >= 15 is 0 Å². The van der Waals surface area contributed by atoms with Gasteiger partial charge in [-0.05, 0) is 12.5 Å². The quantitative estimate of drug-likeness (QED) is 0.812. The summed E-state index contributed by atoms with van der Waals surface area (Å²) < 4.78 is 39.0. The molecule has 1 aromatic carbocycles. The number of rotatable bonds is 2. The lowest BCUT2D eigenvalue weighted by atomic mass is 10.1. The zero-order valence-corrected chi connectivity index (χ0v) is 9.50. The summed E-state index contributed by atoms with van der Waals surface area (Å²) in [6.07, 6.45) is -0.425. The highest BCUT2D eigenvalue weighted by Gasteiger charge is 2.25. The first-order valence-corrected chi connectivity index (χ1v) is 5.56. The average Bonchev–Trinajstić information content (AvgIpc) is 2.73. The molecule has 0 spiro atoms. The third kappa shape index (κ3) is 2.64. The van der Waals surface area contributed by atoms with E-state index in [0.717, 1.165) is 0 Å². The zero-order chi connectivity index (χ0) is 13.3. The Morgan fingerprint density at radius 1 is 1.28 bits per heavy atom. The minimum atomic E-state index is -1.28. The van der Waals surface area contributed by atoms with Crippen LogP contribution in [-0.2, 0) is 11.2 Å². The van der Waals surface area contributed by atoms with E-state index in [1.807, 2.05) is 0 Å². The van der Waals surface area contributed by atoms with Crippen molar-refractivity contribution < 1.29 is 23.1 Å². The maximum atomic E-state index is 13.3. The summed E-state index contributed by atoms with van der Waals surface area (Å²) in [5.74, 6) is -3.81.